The Labute approximate surface area is 138 Å². The highest BCUT2D eigenvalue weighted by Gasteiger charge is 2.08. The fourth-order valence-corrected chi connectivity index (χ4v) is 2.32. The number of fused-ring (bicyclic) bond motifs is 1. The van der Waals surface area contributed by atoms with E-state index in [1.54, 1.807) is 37.3 Å². The number of nitrogens with zero attached hydrogens (tertiary/aromatic N) is 1. The van der Waals surface area contributed by atoms with Crippen LogP contribution in [-0.2, 0) is 11.3 Å². The van der Waals surface area contributed by atoms with Crippen molar-refractivity contribution in [3.63, 3.8) is 0 Å². The first-order valence-corrected chi connectivity index (χ1v) is 7.53. The van der Waals surface area contributed by atoms with Gasteiger partial charge in [0.25, 0.3) is 5.91 Å². The van der Waals surface area contributed by atoms with Gasteiger partial charge in [0, 0.05) is 31.6 Å². The standard InChI is InChI=1S/C18H17N3O3/c1-11(22)19-10-13-3-5-14(6-4-13)18(23)21-15-7-8-17-16(9-15)20-12(2)24-17/h3-9H,10H2,1-2H3,(H,19,22)(H,21,23). The molecule has 24 heavy (non-hydrogen) atoms. The summed E-state index contributed by atoms with van der Waals surface area (Å²) in [5, 5.41) is 5.55. The van der Waals surface area contributed by atoms with Gasteiger partial charge in [-0.15, -0.1) is 0 Å². The molecule has 3 rings (SSSR count). The molecule has 2 N–H and O–H groups in total. The fourth-order valence-electron chi connectivity index (χ4n) is 2.32. The zero-order valence-corrected chi connectivity index (χ0v) is 13.4. The van der Waals surface area contributed by atoms with Crippen molar-refractivity contribution in [1.29, 1.82) is 0 Å². The van der Waals surface area contributed by atoms with Crippen LogP contribution in [0.2, 0.25) is 0 Å². The van der Waals surface area contributed by atoms with E-state index in [1.165, 1.54) is 6.92 Å². The van der Waals surface area contributed by atoms with Crippen LogP contribution in [0.4, 0.5) is 5.69 Å². The van der Waals surface area contributed by atoms with E-state index in [0.717, 1.165) is 5.56 Å². The van der Waals surface area contributed by atoms with Gasteiger partial charge in [-0.2, -0.15) is 0 Å². The molecule has 6 nitrogen and oxygen atoms in total. The third-order valence-electron chi connectivity index (χ3n) is 3.51. The van der Waals surface area contributed by atoms with Crippen LogP contribution in [0.5, 0.6) is 0 Å². The minimum absolute atomic E-state index is 0.0877. The zero-order valence-electron chi connectivity index (χ0n) is 13.4. The van der Waals surface area contributed by atoms with Gasteiger partial charge >= 0.3 is 0 Å². The van der Waals surface area contributed by atoms with E-state index in [1.807, 2.05) is 12.1 Å². The summed E-state index contributed by atoms with van der Waals surface area (Å²) >= 11 is 0. The molecule has 0 saturated carbocycles. The number of hydrogen-bond acceptors (Lipinski definition) is 4. The molecule has 122 valence electrons. The van der Waals surface area contributed by atoms with Crippen molar-refractivity contribution >= 4 is 28.6 Å². The Balaban J connectivity index is 1.70. The lowest BCUT2D eigenvalue weighted by atomic mass is 10.1. The molecule has 1 heterocycles. The summed E-state index contributed by atoms with van der Waals surface area (Å²) in [4.78, 5) is 27.5. The summed E-state index contributed by atoms with van der Waals surface area (Å²) in [5.74, 6) is 0.291. The highest BCUT2D eigenvalue weighted by atomic mass is 16.3. The second kappa shape index (κ2) is 6.54. The minimum atomic E-state index is -0.208. The van der Waals surface area contributed by atoms with Crippen molar-refractivity contribution in [3.8, 4) is 0 Å². The number of rotatable bonds is 4. The lowest BCUT2D eigenvalue weighted by molar-refractivity contribution is -0.119. The molecule has 0 radical (unpaired) electrons. The molecule has 2 aromatic carbocycles. The van der Waals surface area contributed by atoms with Gasteiger partial charge in [0.2, 0.25) is 5.91 Å². The molecule has 0 bridgehead atoms. The van der Waals surface area contributed by atoms with E-state index < -0.39 is 0 Å². The summed E-state index contributed by atoms with van der Waals surface area (Å²) in [5.41, 5.74) is 3.52. The van der Waals surface area contributed by atoms with Crippen molar-refractivity contribution in [2.75, 3.05) is 5.32 Å². The van der Waals surface area contributed by atoms with Gasteiger partial charge in [-0.3, -0.25) is 9.59 Å². The molecule has 0 saturated heterocycles. The number of aryl methyl sites for hydroxylation is 1. The molecule has 6 heteroatoms. The van der Waals surface area contributed by atoms with Crippen LogP contribution in [0.15, 0.2) is 46.9 Å². The maximum absolute atomic E-state index is 12.3. The molecule has 0 spiro atoms. The van der Waals surface area contributed by atoms with E-state index in [9.17, 15) is 9.59 Å². The summed E-state index contributed by atoms with van der Waals surface area (Å²) in [6.07, 6.45) is 0. The largest absolute Gasteiger partial charge is 0.441 e. The average Bonchev–Trinajstić information content (AvgIpc) is 2.92. The smallest absolute Gasteiger partial charge is 0.255 e. The van der Waals surface area contributed by atoms with Gasteiger partial charge in [-0.1, -0.05) is 12.1 Å². The van der Waals surface area contributed by atoms with Gasteiger partial charge in [-0.25, -0.2) is 4.98 Å². The van der Waals surface area contributed by atoms with Crippen LogP contribution >= 0.6 is 0 Å². The highest BCUT2D eigenvalue weighted by Crippen LogP contribution is 2.20. The quantitative estimate of drug-likeness (QED) is 0.773. The van der Waals surface area contributed by atoms with Gasteiger partial charge in [0.1, 0.15) is 5.52 Å². The van der Waals surface area contributed by atoms with E-state index in [0.29, 0.717) is 34.8 Å². The molecule has 1 aromatic heterocycles. The number of amides is 2. The predicted molar refractivity (Wildman–Crippen MR) is 90.7 cm³/mol. The summed E-state index contributed by atoms with van der Waals surface area (Å²) < 4.78 is 5.41. The lowest BCUT2D eigenvalue weighted by Crippen LogP contribution is -2.19. The number of anilines is 1. The molecule has 0 fully saturated rings. The zero-order chi connectivity index (χ0) is 17.1. The Bertz CT molecular complexity index is 898. The third-order valence-corrected chi connectivity index (χ3v) is 3.51. The maximum atomic E-state index is 12.3. The minimum Gasteiger partial charge on any atom is -0.441 e. The molecular formula is C18H17N3O3. The van der Waals surface area contributed by atoms with Crippen molar-refractivity contribution < 1.29 is 14.0 Å². The predicted octanol–water partition coefficient (Wildman–Crippen LogP) is 3.02. The number of aromatic nitrogens is 1. The molecule has 0 atom stereocenters. The van der Waals surface area contributed by atoms with Gasteiger partial charge in [-0.05, 0) is 35.9 Å². The summed E-state index contributed by atoms with van der Waals surface area (Å²) in [7, 11) is 0. The number of carbonyl (C=O) groups excluding carboxylic acids is 2. The first-order chi connectivity index (χ1) is 11.5. The van der Waals surface area contributed by atoms with Crippen LogP contribution in [0.3, 0.4) is 0 Å². The first-order valence-electron chi connectivity index (χ1n) is 7.53. The van der Waals surface area contributed by atoms with Crippen LogP contribution in [-0.4, -0.2) is 16.8 Å². The molecule has 2 amide bonds. The highest BCUT2D eigenvalue weighted by molar-refractivity contribution is 6.04. The second-order valence-corrected chi connectivity index (χ2v) is 5.48. The number of oxazole rings is 1. The Hall–Kier alpha value is -3.15. The monoisotopic (exact) mass is 323 g/mol. The molecular weight excluding hydrogens is 306 g/mol. The number of hydrogen-bond donors (Lipinski definition) is 2. The molecule has 0 aliphatic carbocycles. The van der Waals surface area contributed by atoms with Gasteiger partial charge < -0.3 is 15.1 Å². The summed E-state index contributed by atoms with van der Waals surface area (Å²) in [6, 6.07) is 12.4. The van der Waals surface area contributed by atoms with Crippen molar-refractivity contribution in [2.24, 2.45) is 0 Å². The molecule has 0 aliphatic rings. The Morgan fingerprint density at radius 1 is 1.12 bits per heavy atom. The summed E-state index contributed by atoms with van der Waals surface area (Å²) in [6.45, 7) is 3.69. The van der Waals surface area contributed by atoms with Crippen LogP contribution in [0, 0.1) is 6.92 Å². The first kappa shape index (κ1) is 15.7. The molecule has 0 unspecified atom stereocenters. The topological polar surface area (TPSA) is 84.2 Å². The number of nitrogens with one attached hydrogen (secondary N) is 2. The Morgan fingerprint density at radius 2 is 1.88 bits per heavy atom. The normalized spacial score (nSPS) is 10.6. The van der Waals surface area contributed by atoms with Crippen molar-refractivity contribution in [3.05, 3.63) is 59.5 Å². The van der Waals surface area contributed by atoms with E-state index in [-0.39, 0.29) is 11.8 Å². The number of benzene rings is 2. The fraction of sp³-hybridized carbons (Fsp3) is 0.167. The van der Waals surface area contributed by atoms with Gasteiger partial charge in [0.15, 0.2) is 11.5 Å². The Kier molecular flexibility index (Phi) is 4.29. The van der Waals surface area contributed by atoms with Crippen LogP contribution in [0.25, 0.3) is 11.1 Å². The van der Waals surface area contributed by atoms with Crippen molar-refractivity contribution in [1.82, 2.24) is 10.3 Å². The molecule has 0 aliphatic heterocycles. The number of carbonyl (C=O) groups is 2. The van der Waals surface area contributed by atoms with Crippen LogP contribution in [0.1, 0.15) is 28.7 Å². The van der Waals surface area contributed by atoms with E-state index in [4.69, 9.17) is 4.42 Å². The van der Waals surface area contributed by atoms with Gasteiger partial charge in [0.05, 0.1) is 0 Å². The van der Waals surface area contributed by atoms with Crippen LogP contribution < -0.4 is 10.6 Å². The Morgan fingerprint density at radius 3 is 2.58 bits per heavy atom. The van der Waals surface area contributed by atoms with E-state index >= 15 is 0 Å². The van der Waals surface area contributed by atoms with E-state index in [2.05, 4.69) is 15.6 Å². The lowest BCUT2D eigenvalue weighted by Gasteiger charge is -2.07. The average molecular weight is 323 g/mol. The second-order valence-electron chi connectivity index (χ2n) is 5.48. The molecule has 3 aromatic rings. The third kappa shape index (κ3) is 3.60. The van der Waals surface area contributed by atoms with Crippen molar-refractivity contribution in [2.45, 2.75) is 20.4 Å². The SMILES string of the molecule is CC(=O)NCc1ccc(C(=O)Nc2ccc3oc(C)nc3c2)cc1. The maximum Gasteiger partial charge on any atom is 0.255 e.